The molecule has 2 amide bonds. The van der Waals surface area contributed by atoms with Crippen molar-refractivity contribution in [1.29, 1.82) is 0 Å². The average molecular weight is 435 g/mol. The highest BCUT2D eigenvalue weighted by molar-refractivity contribution is 6.31. The molecule has 1 saturated carbocycles. The number of hydrogen-bond acceptors (Lipinski definition) is 4. The second kappa shape index (κ2) is 8.64. The van der Waals surface area contributed by atoms with Crippen molar-refractivity contribution in [1.82, 2.24) is 10.2 Å². The number of carbonyl (C=O) groups is 1. The van der Waals surface area contributed by atoms with E-state index in [1.54, 1.807) is 9.80 Å². The van der Waals surface area contributed by atoms with Gasteiger partial charge in [-0.15, -0.1) is 0 Å². The summed E-state index contributed by atoms with van der Waals surface area (Å²) in [6, 6.07) is 1.46. The minimum atomic E-state index is -4.78. The molecule has 3 rings (SSSR count). The number of nitrogens with one attached hydrogen (secondary N) is 1. The molecule has 0 aromatic heterocycles. The number of alkyl halides is 3. The molecule has 1 N–H and O–H groups in total. The number of nitrogens with zero attached hydrogens (tertiary/aromatic N) is 3. The van der Waals surface area contributed by atoms with Crippen LogP contribution < -0.4 is 10.2 Å². The second-order valence-electron chi connectivity index (χ2n) is 7.33. The quantitative estimate of drug-likeness (QED) is 0.563. The van der Waals surface area contributed by atoms with Gasteiger partial charge in [-0.05, 0) is 18.9 Å². The summed E-state index contributed by atoms with van der Waals surface area (Å²) >= 11 is 5.75. The molecule has 0 spiro atoms. The lowest BCUT2D eigenvalue weighted by molar-refractivity contribution is -0.384. The van der Waals surface area contributed by atoms with Crippen LogP contribution in [-0.4, -0.2) is 48.1 Å². The zero-order chi connectivity index (χ0) is 21.2. The van der Waals surface area contributed by atoms with Crippen molar-refractivity contribution in [2.75, 3.05) is 31.1 Å². The van der Waals surface area contributed by atoms with E-state index in [2.05, 4.69) is 5.32 Å². The number of benzene rings is 1. The molecule has 0 atom stereocenters. The number of hydrogen-bond donors (Lipinski definition) is 1. The van der Waals surface area contributed by atoms with Crippen LogP contribution in [0.1, 0.15) is 37.7 Å². The zero-order valence-corrected chi connectivity index (χ0v) is 16.4. The van der Waals surface area contributed by atoms with Crippen molar-refractivity contribution in [2.45, 2.75) is 44.3 Å². The first-order valence-corrected chi connectivity index (χ1v) is 9.90. The molecule has 1 aliphatic carbocycles. The van der Waals surface area contributed by atoms with Gasteiger partial charge in [0.25, 0.3) is 5.69 Å². The summed E-state index contributed by atoms with van der Waals surface area (Å²) in [5.74, 6) is 0. The molecule has 0 unspecified atom stereocenters. The average Bonchev–Trinajstić information content (AvgIpc) is 2.67. The Hall–Kier alpha value is -2.23. The van der Waals surface area contributed by atoms with Crippen molar-refractivity contribution in [2.24, 2.45) is 0 Å². The summed E-state index contributed by atoms with van der Waals surface area (Å²) in [7, 11) is 0. The summed E-state index contributed by atoms with van der Waals surface area (Å²) in [6.45, 7) is 1.16. The summed E-state index contributed by atoms with van der Waals surface area (Å²) in [6.07, 6.45) is 0.508. The van der Waals surface area contributed by atoms with E-state index in [-0.39, 0.29) is 30.8 Å². The van der Waals surface area contributed by atoms with Crippen molar-refractivity contribution >= 4 is 29.0 Å². The molecule has 1 heterocycles. The monoisotopic (exact) mass is 434 g/mol. The van der Waals surface area contributed by atoms with Crippen LogP contribution in [0.15, 0.2) is 12.1 Å². The highest BCUT2D eigenvalue weighted by Crippen LogP contribution is 2.41. The third kappa shape index (κ3) is 5.04. The highest BCUT2D eigenvalue weighted by atomic mass is 35.5. The van der Waals surface area contributed by atoms with Crippen molar-refractivity contribution in [3.63, 3.8) is 0 Å². The third-order valence-electron chi connectivity index (χ3n) is 5.41. The van der Waals surface area contributed by atoms with E-state index in [1.165, 1.54) is 6.42 Å². The van der Waals surface area contributed by atoms with E-state index < -0.39 is 27.4 Å². The fourth-order valence-electron chi connectivity index (χ4n) is 3.83. The molecule has 7 nitrogen and oxygen atoms in total. The fourth-order valence-corrected chi connectivity index (χ4v) is 4.10. The van der Waals surface area contributed by atoms with Gasteiger partial charge in [-0.1, -0.05) is 30.9 Å². The standard InChI is InChI=1S/C18H22ClF3N4O3/c19-14-11-15(16(26(28)29)10-13(14)18(20,21)22)24-6-8-25(9-7-24)17(27)23-12-4-2-1-3-5-12/h10-12H,1-9H2,(H,23,27). The van der Waals surface area contributed by atoms with Gasteiger partial charge in [-0.2, -0.15) is 13.2 Å². The Kier molecular flexibility index (Phi) is 6.40. The molecule has 2 aliphatic rings. The van der Waals surface area contributed by atoms with Crippen LogP contribution in [0.4, 0.5) is 29.3 Å². The number of nitro groups is 1. The van der Waals surface area contributed by atoms with Crippen LogP contribution in [0.25, 0.3) is 0 Å². The number of piperazine rings is 1. The van der Waals surface area contributed by atoms with Crippen LogP contribution in [-0.2, 0) is 6.18 Å². The Morgan fingerprint density at radius 1 is 1.14 bits per heavy atom. The molecule has 160 valence electrons. The lowest BCUT2D eigenvalue weighted by atomic mass is 9.96. The van der Waals surface area contributed by atoms with Crippen LogP contribution in [0.3, 0.4) is 0 Å². The van der Waals surface area contributed by atoms with E-state index >= 15 is 0 Å². The molecule has 2 fully saturated rings. The molecular weight excluding hydrogens is 413 g/mol. The maximum atomic E-state index is 13.0. The minimum absolute atomic E-state index is 0.0281. The number of nitro benzene ring substituents is 1. The SMILES string of the molecule is O=C(NC1CCCCC1)N1CCN(c2cc(Cl)c(C(F)(F)F)cc2[N+](=O)[O-])CC1. The highest BCUT2D eigenvalue weighted by Gasteiger charge is 2.37. The molecule has 0 bridgehead atoms. The first-order chi connectivity index (χ1) is 13.7. The Bertz CT molecular complexity index is 776. The lowest BCUT2D eigenvalue weighted by Gasteiger charge is -2.37. The molecule has 1 aliphatic heterocycles. The minimum Gasteiger partial charge on any atom is -0.362 e. The van der Waals surface area contributed by atoms with Crippen molar-refractivity contribution < 1.29 is 22.9 Å². The first kappa shape index (κ1) is 21.5. The Morgan fingerprint density at radius 3 is 2.31 bits per heavy atom. The molecule has 11 heteroatoms. The predicted molar refractivity (Wildman–Crippen MR) is 102 cm³/mol. The summed E-state index contributed by atoms with van der Waals surface area (Å²) in [5.41, 5.74) is -1.86. The predicted octanol–water partition coefficient (Wildman–Crippen LogP) is 4.43. The van der Waals surface area contributed by atoms with Gasteiger partial charge >= 0.3 is 12.2 Å². The Labute approximate surface area is 170 Å². The van der Waals surface area contributed by atoms with Gasteiger partial charge in [0.15, 0.2) is 0 Å². The summed E-state index contributed by atoms with van der Waals surface area (Å²) < 4.78 is 39.1. The number of carbonyl (C=O) groups excluding carboxylic acids is 1. The molecule has 1 aromatic rings. The van der Waals surface area contributed by atoms with Crippen LogP contribution in [0, 0.1) is 10.1 Å². The smallest absolute Gasteiger partial charge is 0.362 e. The normalized spacial score (nSPS) is 18.6. The summed E-state index contributed by atoms with van der Waals surface area (Å²) in [4.78, 5) is 26.2. The van der Waals surface area contributed by atoms with Gasteiger partial charge < -0.3 is 15.1 Å². The zero-order valence-electron chi connectivity index (χ0n) is 15.7. The van der Waals surface area contributed by atoms with Crippen LogP contribution in [0.2, 0.25) is 5.02 Å². The maximum absolute atomic E-state index is 13.0. The summed E-state index contributed by atoms with van der Waals surface area (Å²) in [5, 5.41) is 13.8. The number of halogens is 4. The lowest BCUT2D eigenvalue weighted by Crippen LogP contribution is -2.53. The third-order valence-corrected chi connectivity index (χ3v) is 5.72. The van der Waals surface area contributed by atoms with Gasteiger partial charge in [0, 0.05) is 38.3 Å². The van der Waals surface area contributed by atoms with Gasteiger partial charge in [0.05, 0.1) is 15.5 Å². The van der Waals surface area contributed by atoms with Gasteiger partial charge in [-0.25, -0.2) is 4.79 Å². The van der Waals surface area contributed by atoms with Gasteiger partial charge in [-0.3, -0.25) is 10.1 Å². The largest absolute Gasteiger partial charge is 0.418 e. The van der Waals surface area contributed by atoms with Crippen molar-refractivity contribution in [3.8, 4) is 0 Å². The number of urea groups is 1. The fraction of sp³-hybridized carbons (Fsp3) is 0.611. The van der Waals surface area contributed by atoms with E-state index in [0.29, 0.717) is 19.2 Å². The van der Waals surface area contributed by atoms with Gasteiger partial charge in [0.1, 0.15) is 5.69 Å². The maximum Gasteiger partial charge on any atom is 0.418 e. The second-order valence-corrected chi connectivity index (χ2v) is 7.74. The van der Waals surface area contributed by atoms with E-state index in [1.807, 2.05) is 0 Å². The van der Waals surface area contributed by atoms with Crippen LogP contribution in [0.5, 0.6) is 0 Å². The number of amides is 2. The van der Waals surface area contributed by atoms with E-state index in [9.17, 15) is 28.1 Å². The van der Waals surface area contributed by atoms with E-state index in [0.717, 1.165) is 31.7 Å². The Morgan fingerprint density at radius 2 is 1.76 bits per heavy atom. The molecule has 29 heavy (non-hydrogen) atoms. The first-order valence-electron chi connectivity index (χ1n) is 9.52. The van der Waals surface area contributed by atoms with E-state index in [4.69, 9.17) is 11.6 Å². The molecule has 0 radical (unpaired) electrons. The Balaban J connectivity index is 1.69. The van der Waals surface area contributed by atoms with Gasteiger partial charge in [0.2, 0.25) is 0 Å². The van der Waals surface area contributed by atoms with Crippen molar-refractivity contribution in [3.05, 3.63) is 32.8 Å². The number of rotatable bonds is 3. The topological polar surface area (TPSA) is 78.7 Å². The molecular formula is C18H22ClF3N4O3. The molecule has 1 saturated heterocycles. The number of anilines is 1. The molecule has 1 aromatic carbocycles. The van der Waals surface area contributed by atoms with Crippen LogP contribution >= 0.6 is 11.6 Å².